The number of nitrogens with zero attached hydrogens (tertiary/aromatic N) is 4. The molecule has 1 fully saturated rings. The van der Waals surface area contributed by atoms with E-state index in [-0.39, 0.29) is 12.1 Å². The van der Waals surface area contributed by atoms with Crippen LogP contribution in [0.4, 0.5) is 10.7 Å². The molecule has 2 aliphatic heterocycles. The summed E-state index contributed by atoms with van der Waals surface area (Å²) in [6.07, 6.45) is 2.45. The van der Waals surface area contributed by atoms with E-state index in [0.29, 0.717) is 39.0 Å². The monoisotopic (exact) mass is 490 g/mol. The standard InChI is InChI=1S/C28H34N4O4/c1-19(17-20-7-5-4-6-8-20)32-23-10-9-21-11-14-31(27(35)36-3)18-22(21)24(23)29-26(32)30-15-12-28(2,13-16-30)25(33)34/h4-10,19H,11-18H2,1-3H3,(H,33,34)/t19-/m0/s1. The molecule has 0 aliphatic carbocycles. The van der Waals surface area contributed by atoms with Gasteiger partial charge >= 0.3 is 12.1 Å². The zero-order valence-corrected chi connectivity index (χ0v) is 21.2. The summed E-state index contributed by atoms with van der Waals surface area (Å²) in [6, 6.07) is 14.9. The predicted molar refractivity (Wildman–Crippen MR) is 138 cm³/mol. The van der Waals surface area contributed by atoms with E-state index in [9.17, 15) is 14.7 Å². The second-order valence-corrected chi connectivity index (χ2v) is 10.4. The number of ether oxygens (including phenoxy) is 1. The quantitative estimate of drug-likeness (QED) is 0.560. The second-order valence-electron chi connectivity index (χ2n) is 10.4. The number of hydrogen-bond acceptors (Lipinski definition) is 5. The SMILES string of the molecule is COC(=O)N1CCc2ccc3c(nc(N4CCC(C)(C(=O)O)CC4)n3[C@@H](C)Cc3ccccc3)c2C1. The fraction of sp³-hybridized carbons (Fsp3) is 0.464. The normalized spacial score (nSPS) is 18.1. The van der Waals surface area contributed by atoms with E-state index >= 15 is 0 Å². The second kappa shape index (κ2) is 9.48. The van der Waals surface area contributed by atoms with Crippen LogP contribution in [0.25, 0.3) is 11.0 Å². The zero-order valence-electron chi connectivity index (χ0n) is 21.2. The number of anilines is 1. The molecular weight excluding hydrogens is 456 g/mol. The van der Waals surface area contributed by atoms with Crippen molar-refractivity contribution in [2.75, 3.05) is 31.6 Å². The number of carboxylic acid groups (broad SMARTS) is 1. The first kappa shape index (κ1) is 24.2. The number of amides is 1. The van der Waals surface area contributed by atoms with Crippen molar-refractivity contribution in [1.29, 1.82) is 0 Å². The van der Waals surface area contributed by atoms with Gasteiger partial charge in [0, 0.05) is 31.2 Å². The highest BCUT2D eigenvalue weighted by Gasteiger charge is 2.38. The molecule has 8 nitrogen and oxygen atoms in total. The summed E-state index contributed by atoms with van der Waals surface area (Å²) >= 11 is 0. The Hall–Kier alpha value is -3.55. The summed E-state index contributed by atoms with van der Waals surface area (Å²) in [7, 11) is 1.41. The minimum absolute atomic E-state index is 0.138. The molecule has 3 heterocycles. The lowest BCUT2D eigenvalue weighted by Crippen LogP contribution is -2.43. The number of fused-ring (bicyclic) bond motifs is 3. The van der Waals surface area contributed by atoms with Crippen LogP contribution in [0.5, 0.6) is 0 Å². The van der Waals surface area contributed by atoms with Crippen LogP contribution in [-0.2, 0) is 28.9 Å². The first-order valence-corrected chi connectivity index (χ1v) is 12.7. The molecule has 190 valence electrons. The molecule has 36 heavy (non-hydrogen) atoms. The Morgan fingerprint density at radius 3 is 2.50 bits per heavy atom. The van der Waals surface area contributed by atoms with E-state index in [4.69, 9.17) is 9.72 Å². The molecule has 1 amide bonds. The van der Waals surface area contributed by atoms with Gasteiger partial charge in [-0.3, -0.25) is 4.79 Å². The fourth-order valence-corrected chi connectivity index (χ4v) is 5.59. The topological polar surface area (TPSA) is 87.9 Å². The van der Waals surface area contributed by atoms with Gasteiger partial charge in [-0.1, -0.05) is 36.4 Å². The fourth-order valence-electron chi connectivity index (χ4n) is 5.59. The summed E-state index contributed by atoms with van der Waals surface area (Å²) in [4.78, 5) is 33.3. The van der Waals surface area contributed by atoms with Crippen LogP contribution in [0.1, 0.15) is 49.4 Å². The van der Waals surface area contributed by atoms with Crippen molar-refractivity contribution in [2.24, 2.45) is 5.41 Å². The van der Waals surface area contributed by atoms with Gasteiger partial charge < -0.3 is 24.2 Å². The van der Waals surface area contributed by atoms with Crippen LogP contribution in [0.3, 0.4) is 0 Å². The third-order valence-electron chi connectivity index (χ3n) is 7.96. The molecule has 2 aliphatic rings. The molecule has 0 bridgehead atoms. The van der Waals surface area contributed by atoms with Crippen molar-refractivity contribution in [2.45, 2.75) is 52.1 Å². The number of benzene rings is 2. The summed E-state index contributed by atoms with van der Waals surface area (Å²) in [6.45, 7) is 6.43. The van der Waals surface area contributed by atoms with Crippen LogP contribution in [0.15, 0.2) is 42.5 Å². The number of imidazole rings is 1. The summed E-state index contributed by atoms with van der Waals surface area (Å²) < 4.78 is 7.30. The van der Waals surface area contributed by atoms with E-state index in [1.165, 1.54) is 18.2 Å². The average molecular weight is 491 g/mol. The Labute approximate surface area is 211 Å². The third-order valence-corrected chi connectivity index (χ3v) is 7.96. The predicted octanol–water partition coefficient (Wildman–Crippen LogP) is 4.66. The van der Waals surface area contributed by atoms with Crippen LogP contribution in [0.2, 0.25) is 0 Å². The van der Waals surface area contributed by atoms with Crippen molar-refractivity contribution in [3.05, 3.63) is 59.2 Å². The molecule has 1 saturated heterocycles. The van der Waals surface area contributed by atoms with E-state index in [0.717, 1.165) is 35.4 Å². The van der Waals surface area contributed by atoms with Gasteiger partial charge in [-0.15, -0.1) is 0 Å². The molecule has 1 atom stereocenters. The smallest absolute Gasteiger partial charge is 0.409 e. The molecule has 1 N–H and O–H groups in total. The van der Waals surface area contributed by atoms with Gasteiger partial charge in [0.2, 0.25) is 5.95 Å². The minimum Gasteiger partial charge on any atom is -0.481 e. The van der Waals surface area contributed by atoms with Gasteiger partial charge in [0.15, 0.2) is 0 Å². The van der Waals surface area contributed by atoms with Gasteiger partial charge in [0.05, 0.1) is 30.1 Å². The summed E-state index contributed by atoms with van der Waals surface area (Å²) in [5.74, 6) is 0.148. The number of carboxylic acids is 1. The van der Waals surface area contributed by atoms with Crippen LogP contribution < -0.4 is 4.90 Å². The molecule has 5 rings (SSSR count). The minimum atomic E-state index is -0.731. The average Bonchev–Trinajstić information content (AvgIpc) is 3.29. The number of methoxy groups -OCH3 is 1. The molecule has 3 aromatic rings. The molecule has 1 aromatic heterocycles. The summed E-state index contributed by atoms with van der Waals surface area (Å²) in [5.41, 5.74) is 4.80. The van der Waals surface area contributed by atoms with E-state index in [1.807, 2.05) is 13.0 Å². The van der Waals surface area contributed by atoms with Crippen molar-refractivity contribution >= 4 is 29.0 Å². The highest BCUT2D eigenvalue weighted by atomic mass is 16.5. The Morgan fingerprint density at radius 2 is 1.83 bits per heavy atom. The van der Waals surface area contributed by atoms with E-state index < -0.39 is 11.4 Å². The van der Waals surface area contributed by atoms with Crippen molar-refractivity contribution in [3.8, 4) is 0 Å². The maximum Gasteiger partial charge on any atom is 0.409 e. The van der Waals surface area contributed by atoms with Crippen LogP contribution in [0, 0.1) is 5.41 Å². The molecule has 0 radical (unpaired) electrons. The first-order chi connectivity index (χ1) is 17.3. The number of rotatable bonds is 5. The number of carbonyl (C=O) groups excluding carboxylic acids is 1. The van der Waals surface area contributed by atoms with Gasteiger partial charge in [-0.2, -0.15) is 0 Å². The van der Waals surface area contributed by atoms with Gasteiger partial charge in [-0.05, 0) is 56.7 Å². The lowest BCUT2D eigenvalue weighted by atomic mass is 9.80. The Bertz CT molecular complexity index is 1280. The number of aliphatic carboxylic acids is 1. The zero-order chi connectivity index (χ0) is 25.4. The molecule has 2 aromatic carbocycles. The molecule has 0 unspecified atom stereocenters. The van der Waals surface area contributed by atoms with Crippen LogP contribution >= 0.6 is 0 Å². The number of piperidine rings is 1. The van der Waals surface area contributed by atoms with Gasteiger partial charge in [-0.25, -0.2) is 9.78 Å². The number of carbonyl (C=O) groups is 2. The van der Waals surface area contributed by atoms with Gasteiger partial charge in [0.25, 0.3) is 0 Å². The number of aromatic nitrogens is 2. The molecule has 8 heteroatoms. The molecule has 0 saturated carbocycles. The van der Waals surface area contributed by atoms with Crippen molar-refractivity contribution < 1.29 is 19.4 Å². The van der Waals surface area contributed by atoms with Crippen molar-refractivity contribution in [3.63, 3.8) is 0 Å². The summed E-state index contributed by atoms with van der Waals surface area (Å²) in [5, 5.41) is 9.72. The highest BCUT2D eigenvalue weighted by Crippen LogP contribution is 2.38. The largest absolute Gasteiger partial charge is 0.481 e. The lowest BCUT2D eigenvalue weighted by Gasteiger charge is -2.37. The maximum atomic E-state index is 12.3. The maximum absolute atomic E-state index is 12.3. The Morgan fingerprint density at radius 1 is 1.11 bits per heavy atom. The van der Waals surface area contributed by atoms with Crippen molar-refractivity contribution in [1.82, 2.24) is 14.5 Å². The third kappa shape index (κ3) is 4.29. The lowest BCUT2D eigenvalue weighted by molar-refractivity contribution is -0.149. The molecular formula is C28H34N4O4. The first-order valence-electron chi connectivity index (χ1n) is 12.7. The Balaban J connectivity index is 1.57. The van der Waals surface area contributed by atoms with E-state index in [2.05, 4.69) is 52.8 Å². The van der Waals surface area contributed by atoms with E-state index in [1.54, 1.807) is 4.90 Å². The van der Waals surface area contributed by atoms with Gasteiger partial charge in [0.1, 0.15) is 0 Å². The molecule has 0 spiro atoms. The highest BCUT2D eigenvalue weighted by molar-refractivity contribution is 5.85. The van der Waals surface area contributed by atoms with Crippen LogP contribution in [-0.4, -0.2) is 58.4 Å². The number of hydrogen-bond donors (Lipinski definition) is 1. The Kier molecular flexibility index (Phi) is 6.36.